The second-order valence-corrected chi connectivity index (χ2v) is 7.53. The van der Waals surface area contributed by atoms with Crippen molar-refractivity contribution in [3.63, 3.8) is 0 Å². The molecule has 0 radical (unpaired) electrons. The number of nitriles is 1. The molecule has 1 aliphatic carbocycles. The first-order chi connectivity index (χ1) is 12.1. The van der Waals surface area contributed by atoms with Crippen LogP contribution in [0.2, 0.25) is 0 Å². The molecule has 0 unspecified atom stereocenters. The molecule has 1 aromatic rings. The zero-order valence-corrected chi connectivity index (χ0v) is 15.6. The zero-order chi connectivity index (χ0) is 17.8. The van der Waals surface area contributed by atoms with Crippen LogP contribution in [0.1, 0.15) is 57.6 Å². The minimum Gasteiger partial charge on any atom is -0.475 e. The van der Waals surface area contributed by atoms with Gasteiger partial charge in [-0.1, -0.05) is 0 Å². The van der Waals surface area contributed by atoms with Gasteiger partial charge in [-0.25, -0.2) is 0 Å². The second kappa shape index (κ2) is 8.20. The fraction of sp³-hybridized carbons (Fsp3) is 0.789. The molecule has 6 heteroatoms. The van der Waals surface area contributed by atoms with E-state index in [2.05, 4.69) is 40.8 Å². The summed E-state index contributed by atoms with van der Waals surface area (Å²) >= 11 is 0. The lowest BCUT2D eigenvalue weighted by molar-refractivity contribution is -0.0852. The third-order valence-corrected chi connectivity index (χ3v) is 5.33. The first-order valence-corrected chi connectivity index (χ1v) is 9.51. The fourth-order valence-electron chi connectivity index (χ4n) is 4.19. The monoisotopic (exact) mass is 346 g/mol. The predicted octanol–water partition coefficient (Wildman–Crippen LogP) is 3.08. The van der Waals surface area contributed by atoms with Gasteiger partial charge in [0.25, 0.3) is 0 Å². The van der Waals surface area contributed by atoms with Gasteiger partial charge in [0, 0.05) is 30.9 Å². The normalized spacial score (nSPS) is 30.8. The SMILES string of the molecule is Cc1cn([C@H]2CC[C@H](N3C[C@@H](C)O[C@@H](C)C3)CC2)nc1OCCC#N. The third-order valence-electron chi connectivity index (χ3n) is 5.33. The summed E-state index contributed by atoms with van der Waals surface area (Å²) in [7, 11) is 0. The van der Waals surface area contributed by atoms with Gasteiger partial charge >= 0.3 is 0 Å². The standard InChI is InChI=1S/C19H30N4O2/c1-14-11-23(21-19(14)24-10-4-9-20)18-7-5-17(6-8-18)22-12-15(2)25-16(3)13-22/h11,15-18H,4-8,10,12-13H2,1-3H3/t15-,16+,17-,18-. The average molecular weight is 346 g/mol. The molecular formula is C19H30N4O2. The second-order valence-electron chi connectivity index (χ2n) is 7.53. The molecule has 2 heterocycles. The molecular weight excluding hydrogens is 316 g/mol. The van der Waals surface area contributed by atoms with Crippen molar-refractivity contribution >= 4 is 0 Å². The molecule has 0 amide bonds. The molecule has 138 valence electrons. The Morgan fingerprint density at radius 2 is 1.84 bits per heavy atom. The van der Waals surface area contributed by atoms with Crippen molar-refractivity contribution in [2.45, 2.75) is 77.2 Å². The fourth-order valence-corrected chi connectivity index (χ4v) is 4.19. The largest absolute Gasteiger partial charge is 0.475 e. The van der Waals surface area contributed by atoms with E-state index in [1.807, 2.05) is 6.92 Å². The van der Waals surface area contributed by atoms with Crippen LogP contribution < -0.4 is 4.74 Å². The average Bonchev–Trinajstić information content (AvgIpc) is 2.95. The van der Waals surface area contributed by atoms with Crippen molar-refractivity contribution in [2.24, 2.45) is 0 Å². The summed E-state index contributed by atoms with van der Waals surface area (Å²) in [6, 6.07) is 3.23. The van der Waals surface area contributed by atoms with Gasteiger partial charge in [0.15, 0.2) is 0 Å². The number of hydrogen-bond donors (Lipinski definition) is 0. The number of aromatic nitrogens is 2. The Morgan fingerprint density at radius 1 is 1.20 bits per heavy atom. The van der Waals surface area contributed by atoms with Gasteiger partial charge in [0.05, 0.1) is 30.7 Å². The summed E-state index contributed by atoms with van der Waals surface area (Å²) in [6.45, 7) is 8.89. The van der Waals surface area contributed by atoms with E-state index in [4.69, 9.17) is 14.7 Å². The minimum atomic E-state index is 0.336. The molecule has 2 fully saturated rings. The first kappa shape index (κ1) is 18.2. The Hall–Kier alpha value is -1.58. The maximum absolute atomic E-state index is 8.62. The van der Waals surface area contributed by atoms with Gasteiger partial charge in [0.2, 0.25) is 5.88 Å². The van der Waals surface area contributed by atoms with E-state index in [1.165, 1.54) is 12.8 Å². The lowest BCUT2D eigenvalue weighted by atomic mass is 9.89. The zero-order valence-electron chi connectivity index (χ0n) is 15.6. The van der Waals surface area contributed by atoms with E-state index in [0.717, 1.165) is 31.5 Å². The molecule has 2 atom stereocenters. The molecule has 2 aliphatic rings. The molecule has 1 saturated carbocycles. The van der Waals surface area contributed by atoms with Crippen LogP contribution >= 0.6 is 0 Å². The lowest BCUT2D eigenvalue weighted by Gasteiger charge is -2.42. The summed E-state index contributed by atoms with van der Waals surface area (Å²) in [5, 5.41) is 13.2. The van der Waals surface area contributed by atoms with E-state index >= 15 is 0 Å². The number of rotatable bonds is 5. The van der Waals surface area contributed by atoms with Crippen molar-refractivity contribution in [3.8, 4) is 11.9 Å². The highest BCUT2D eigenvalue weighted by molar-refractivity contribution is 5.21. The van der Waals surface area contributed by atoms with Crippen LogP contribution in [0.25, 0.3) is 0 Å². The Bertz CT molecular complexity index is 591. The molecule has 25 heavy (non-hydrogen) atoms. The van der Waals surface area contributed by atoms with Gasteiger partial charge in [-0.3, -0.25) is 9.58 Å². The van der Waals surface area contributed by atoms with Gasteiger partial charge in [0.1, 0.15) is 6.61 Å². The highest BCUT2D eigenvalue weighted by atomic mass is 16.5. The highest BCUT2D eigenvalue weighted by Crippen LogP contribution is 2.33. The van der Waals surface area contributed by atoms with Crippen LogP contribution in [-0.2, 0) is 4.74 Å². The smallest absolute Gasteiger partial charge is 0.235 e. The van der Waals surface area contributed by atoms with E-state index in [0.29, 0.717) is 43.2 Å². The first-order valence-electron chi connectivity index (χ1n) is 9.51. The number of aryl methyl sites for hydroxylation is 1. The predicted molar refractivity (Wildman–Crippen MR) is 95.6 cm³/mol. The Balaban J connectivity index is 1.54. The minimum absolute atomic E-state index is 0.336. The summed E-state index contributed by atoms with van der Waals surface area (Å²) in [5.74, 6) is 0.674. The van der Waals surface area contributed by atoms with Crippen molar-refractivity contribution in [3.05, 3.63) is 11.8 Å². The summed E-state index contributed by atoms with van der Waals surface area (Å²) < 4.78 is 13.6. The maximum atomic E-state index is 8.62. The van der Waals surface area contributed by atoms with Crippen molar-refractivity contribution in [1.82, 2.24) is 14.7 Å². The van der Waals surface area contributed by atoms with Crippen molar-refractivity contribution in [1.29, 1.82) is 5.26 Å². The maximum Gasteiger partial charge on any atom is 0.235 e. The summed E-state index contributed by atoms with van der Waals surface area (Å²) in [4.78, 5) is 2.62. The highest BCUT2D eigenvalue weighted by Gasteiger charge is 2.31. The van der Waals surface area contributed by atoms with E-state index in [9.17, 15) is 0 Å². The quantitative estimate of drug-likeness (QED) is 0.767. The van der Waals surface area contributed by atoms with Crippen LogP contribution in [0.15, 0.2) is 6.20 Å². The van der Waals surface area contributed by atoms with E-state index in [-0.39, 0.29) is 0 Å². The van der Waals surface area contributed by atoms with Crippen LogP contribution in [0.3, 0.4) is 0 Å². The number of ether oxygens (including phenoxy) is 2. The van der Waals surface area contributed by atoms with Gasteiger partial charge in [-0.15, -0.1) is 5.10 Å². The number of hydrogen-bond acceptors (Lipinski definition) is 5. The Morgan fingerprint density at radius 3 is 2.48 bits per heavy atom. The molecule has 0 spiro atoms. The molecule has 0 aromatic carbocycles. The van der Waals surface area contributed by atoms with Gasteiger partial charge in [-0.05, 0) is 46.5 Å². The van der Waals surface area contributed by atoms with Crippen LogP contribution in [-0.4, -0.2) is 52.6 Å². The van der Waals surface area contributed by atoms with Crippen molar-refractivity contribution in [2.75, 3.05) is 19.7 Å². The Labute approximate surface area is 150 Å². The van der Waals surface area contributed by atoms with Crippen LogP contribution in [0.5, 0.6) is 5.88 Å². The number of morpholine rings is 1. The molecule has 3 rings (SSSR count). The molecule has 1 aliphatic heterocycles. The number of nitrogens with zero attached hydrogens (tertiary/aromatic N) is 4. The molecule has 0 N–H and O–H groups in total. The Kier molecular flexibility index (Phi) is 5.98. The topological polar surface area (TPSA) is 63.3 Å². The van der Waals surface area contributed by atoms with E-state index in [1.54, 1.807) is 0 Å². The third kappa shape index (κ3) is 4.53. The van der Waals surface area contributed by atoms with Gasteiger partial charge in [-0.2, -0.15) is 5.26 Å². The van der Waals surface area contributed by atoms with Crippen LogP contribution in [0, 0.1) is 18.3 Å². The molecule has 0 bridgehead atoms. The summed E-state index contributed by atoms with van der Waals surface area (Å²) in [6.07, 6.45) is 7.90. The van der Waals surface area contributed by atoms with Crippen LogP contribution in [0.4, 0.5) is 0 Å². The molecule has 1 aromatic heterocycles. The molecule has 1 saturated heterocycles. The van der Waals surface area contributed by atoms with Crippen molar-refractivity contribution < 1.29 is 9.47 Å². The van der Waals surface area contributed by atoms with E-state index < -0.39 is 0 Å². The summed E-state index contributed by atoms with van der Waals surface area (Å²) in [5.41, 5.74) is 1.05. The molecule has 6 nitrogen and oxygen atoms in total. The lowest BCUT2D eigenvalue weighted by Crippen LogP contribution is -2.51. The van der Waals surface area contributed by atoms with Gasteiger partial charge < -0.3 is 9.47 Å².